The van der Waals surface area contributed by atoms with Crippen LogP contribution >= 0.6 is 0 Å². The van der Waals surface area contributed by atoms with Gasteiger partial charge in [0.25, 0.3) is 0 Å². The second kappa shape index (κ2) is 3.18. The van der Waals surface area contributed by atoms with Gasteiger partial charge in [0.1, 0.15) is 0 Å². The van der Waals surface area contributed by atoms with Crippen molar-refractivity contribution in [3.63, 3.8) is 0 Å². The van der Waals surface area contributed by atoms with E-state index in [9.17, 15) is 0 Å². The van der Waals surface area contributed by atoms with Crippen LogP contribution < -0.4 is 11.1 Å². The first-order chi connectivity index (χ1) is 6.72. The Labute approximate surface area is 83.0 Å². The van der Waals surface area contributed by atoms with Crippen LogP contribution in [0.3, 0.4) is 0 Å². The molecule has 72 valence electrons. The number of fused-ring (bicyclic) bond motifs is 1. The molecule has 0 bridgehead atoms. The van der Waals surface area contributed by atoms with Crippen molar-refractivity contribution in [1.82, 2.24) is 4.98 Å². The van der Waals surface area contributed by atoms with Gasteiger partial charge in [0.05, 0.1) is 0 Å². The van der Waals surface area contributed by atoms with Gasteiger partial charge in [-0.25, -0.2) is 0 Å². The molecular weight excluding hydrogens is 174 g/mol. The zero-order valence-electron chi connectivity index (χ0n) is 8.33. The van der Waals surface area contributed by atoms with E-state index in [-0.39, 0.29) is 0 Å². The highest BCUT2D eigenvalue weighted by atomic mass is 14.8. The first kappa shape index (κ1) is 8.81. The Morgan fingerprint density at radius 1 is 1.29 bits per heavy atom. The topological polar surface area (TPSA) is 50.9 Å². The predicted molar refractivity (Wildman–Crippen MR) is 60.4 cm³/mol. The number of anilines is 2. The molecule has 0 aliphatic carbocycles. The standard InChI is InChI=1S/C11H13N3/c1-7-5-8-9(6-14-7)10(12)3-4-11(8)13-2/h3-6,13H,12H2,1-2H3. The second-order valence-electron chi connectivity index (χ2n) is 3.32. The van der Waals surface area contributed by atoms with Crippen molar-refractivity contribution in [2.24, 2.45) is 0 Å². The molecule has 0 aliphatic rings. The number of rotatable bonds is 1. The summed E-state index contributed by atoms with van der Waals surface area (Å²) < 4.78 is 0. The van der Waals surface area contributed by atoms with Crippen molar-refractivity contribution < 1.29 is 0 Å². The van der Waals surface area contributed by atoms with Crippen LogP contribution in [-0.4, -0.2) is 12.0 Å². The van der Waals surface area contributed by atoms with E-state index in [4.69, 9.17) is 5.73 Å². The van der Waals surface area contributed by atoms with E-state index in [0.29, 0.717) is 0 Å². The number of aromatic nitrogens is 1. The van der Waals surface area contributed by atoms with E-state index in [2.05, 4.69) is 10.3 Å². The summed E-state index contributed by atoms with van der Waals surface area (Å²) in [6.45, 7) is 1.97. The number of hydrogen-bond acceptors (Lipinski definition) is 3. The molecule has 0 spiro atoms. The molecule has 0 fully saturated rings. The van der Waals surface area contributed by atoms with Crippen molar-refractivity contribution in [2.45, 2.75) is 6.92 Å². The monoisotopic (exact) mass is 187 g/mol. The summed E-state index contributed by atoms with van der Waals surface area (Å²) in [5, 5.41) is 5.27. The first-order valence-electron chi connectivity index (χ1n) is 4.55. The van der Waals surface area contributed by atoms with E-state index in [1.807, 2.05) is 38.4 Å². The van der Waals surface area contributed by atoms with Gasteiger partial charge in [0.2, 0.25) is 0 Å². The molecule has 0 aliphatic heterocycles. The first-order valence-corrected chi connectivity index (χ1v) is 4.55. The summed E-state index contributed by atoms with van der Waals surface area (Å²) in [4.78, 5) is 4.24. The second-order valence-corrected chi connectivity index (χ2v) is 3.32. The van der Waals surface area contributed by atoms with Crippen LogP contribution in [0.25, 0.3) is 10.8 Å². The fourth-order valence-electron chi connectivity index (χ4n) is 1.58. The maximum absolute atomic E-state index is 5.86. The number of nitrogens with zero attached hydrogens (tertiary/aromatic N) is 1. The fourth-order valence-corrected chi connectivity index (χ4v) is 1.58. The highest BCUT2D eigenvalue weighted by Gasteiger charge is 2.03. The molecule has 0 saturated heterocycles. The minimum atomic E-state index is 0.770. The largest absolute Gasteiger partial charge is 0.398 e. The van der Waals surface area contributed by atoms with Gasteiger partial charge >= 0.3 is 0 Å². The van der Waals surface area contributed by atoms with Crippen molar-refractivity contribution >= 4 is 22.1 Å². The molecule has 0 atom stereocenters. The van der Waals surface area contributed by atoms with E-state index >= 15 is 0 Å². The van der Waals surface area contributed by atoms with Gasteiger partial charge in [-0.2, -0.15) is 0 Å². The Bertz CT molecular complexity index is 477. The quantitative estimate of drug-likeness (QED) is 0.673. The summed E-state index contributed by atoms with van der Waals surface area (Å²) in [6.07, 6.45) is 1.82. The number of aryl methyl sites for hydroxylation is 1. The highest BCUT2D eigenvalue weighted by molar-refractivity contribution is 6.00. The Kier molecular flexibility index (Phi) is 2.00. The molecule has 1 aromatic heterocycles. The van der Waals surface area contributed by atoms with Gasteiger partial charge in [0.15, 0.2) is 0 Å². The molecule has 3 N–H and O–H groups in total. The van der Waals surface area contributed by atoms with Crippen molar-refractivity contribution in [2.75, 3.05) is 18.1 Å². The van der Waals surface area contributed by atoms with Crippen LogP contribution in [0.2, 0.25) is 0 Å². The average Bonchev–Trinajstić information content (AvgIpc) is 2.18. The van der Waals surface area contributed by atoms with Crippen LogP contribution in [0.4, 0.5) is 11.4 Å². The van der Waals surface area contributed by atoms with E-state index < -0.39 is 0 Å². The van der Waals surface area contributed by atoms with Crippen LogP contribution in [0, 0.1) is 6.92 Å². The van der Waals surface area contributed by atoms with Crippen LogP contribution in [0.1, 0.15) is 5.69 Å². The molecule has 2 rings (SSSR count). The Morgan fingerprint density at radius 2 is 2.07 bits per heavy atom. The van der Waals surface area contributed by atoms with Crippen molar-refractivity contribution in [1.29, 1.82) is 0 Å². The van der Waals surface area contributed by atoms with Gasteiger partial charge < -0.3 is 11.1 Å². The summed E-state index contributed by atoms with van der Waals surface area (Å²) in [7, 11) is 1.90. The maximum atomic E-state index is 5.86. The fraction of sp³-hybridized carbons (Fsp3) is 0.182. The van der Waals surface area contributed by atoms with Crippen molar-refractivity contribution in [3.8, 4) is 0 Å². The summed E-state index contributed by atoms with van der Waals surface area (Å²) in [5.74, 6) is 0. The number of hydrogen-bond donors (Lipinski definition) is 2. The zero-order chi connectivity index (χ0) is 10.1. The smallest absolute Gasteiger partial charge is 0.0420 e. The number of benzene rings is 1. The third kappa shape index (κ3) is 1.27. The average molecular weight is 187 g/mol. The predicted octanol–water partition coefficient (Wildman–Crippen LogP) is 2.17. The Morgan fingerprint density at radius 3 is 2.79 bits per heavy atom. The molecule has 0 radical (unpaired) electrons. The molecule has 1 aromatic carbocycles. The van der Waals surface area contributed by atoms with E-state index in [0.717, 1.165) is 27.8 Å². The molecule has 1 heterocycles. The molecule has 14 heavy (non-hydrogen) atoms. The maximum Gasteiger partial charge on any atom is 0.0420 e. The molecule has 0 amide bonds. The molecule has 0 saturated carbocycles. The number of nitrogens with one attached hydrogen (secondary N) is 1. The van der Waals surface area contributed by atoms with Gasteiger partial charge in [0, 0.05) is 41.1 Å². The molecular formula is C11H13N3. The zero-order valence-corrected chi connectivity index (χ0v) is 8.33. The third-order valence-electron chi connectivity index (χ3n) is 2.34. The van der Waals surface area contributed by atoms with E-state index in [1.165, 1.54) is 0 Å². The minimum absolute atomic E-state index is 0.770. The molecule has 2 aromatic rings. The lowest BCUT2D eigenvalue weighted by atomic mass is 10.1. The Balaban J connectivity index is 2.85. The summed E-state index contributed by atoms with van der Waals surface area (Å²) in [6, 6.07) is 5.92. The highest BCUT2D eigenvalue weighted by Crippen LogP contribution is 2.27. The normalized spacial score (nSPS) is 10.4. The summed E-state index contributed by atoms with van der Waals surface area (Å²) >= 11 is 0. The lowest BCUT2D eigenvalue weighted by Gasteiger charge is -2.08. The molecule has 0 unspecified atom stereocenters. The van der Waals surface area contributed by atoms with E-state index in [1.54, 1.807) is 0 Å². The number of nitrogens with two attached hydrogens (primary N) is 1. The summed E-state index contributed by atoms with van der Waals surface area (Å²) in [5.41, 5.74) is 8.71. The SMILES string of the molecule is CNc1ccc(N)c2cnc(C)cc12. The van der Waals surface area contributed by atoms with Crippen molar-refractivity contribution in [3.05, 3.63) is 30.1 Å². The lowest BCUT2D eigenvalue weighted by Crippen LogP contribution is -1.94. The third-order valence-corrected chi connectivity index (χ3v) is 2.34. The van der Waals surface area contributed by atoms with Crippen LogP contribution in [0.5, 0.6) is 0 Å². The van der Waals surface area contributed by atoms with Gasteiger partial charge in [-0.3, -0.25) is 4.98 Å². The number of pyridine rings is 1. The molecule has 3 nitrogen and oxygen atoms in total. The van der Waals surface area contributed by atoms with Crippen LogP contribution in [-0.2, 0) is 0 Å². The van der Waals surface area contributed by atoms with Gasteiger partial charge in [-0.15, -0.1) is 0 Å². The Hall–Kier alpha value is -1.77. The lowest BCUT2D eigenvalue weighted by molar-refractivity contribution is 1.22. The molecule has 3 heteroatoms. The van der Waals surface area contributed by atoms with Gasteiger partial charge in [-0.1, -0.05) is 0 Å². The minimum Gasteiger partial charge on any atom is -0.398 e. The van der Waals surface area contributed by atoms with Crippen LogP contribution in [0.15, 0.2) is 24.4 Å². The van der Waals surface area contributed by atoms with Gasteiger partial charge in [-0.05, 0) is 25.1 Å². The number of nitrogen functional groups attached to an aromatic ring is 1.